The lowest BCUT2D eigenvalue weighted by Gasteiger charge is -2.12. The molecule has 0 saturated carbocycles. The SMILES string of the molecule is CC(=O)Cc1ccccc1-c1cc(-c2cnn(CC#N)c2-c2cc(C)cc(O)c2)ccn1. The molecule has 0 aliphatic heterocycles. The van der Waals surface area contributed by atoms with Gasteiger partial charge in [-0.05, 0) is 60.9 Å². The van der Waals surface area contributed by atoms with Gasteiger partial charge in [-0.15, -0.1) is 0 Å². The fourth-order valence-electron chi connectivity index (χ4n) is 3.93. The highest BCUT2D eigenvalue weighted by Gasteiger charge is 2.17. The van der Waals surface area contributed by atoms with E-state index in [1.807, 2.05) is 49.4 Å². The Morgan fingerprint density at radius 2 is 1.91 bits per heavy atom. The van der Waals surface area contributed by atoms with Crippen LogP contribution in [-0.2, 0) is 17.8 Å². The zero-order chi connectivity index (χ0) is 22.7. The number of aromatic nitrogens is 3. The van der Waals surface area contributed by atoms with Crippen LogP contribution in [0.1, 0.15) is 18.1 Å². The van der Waals surface area contributed by atoms with Crippen LogP contribution in [0.5, 0.6) is 5.75 Å². The largest absolute Gasteiger partial charge is 0.508 e. The molecule has 0 radical (unpaired) electrons. The molecule has 0 atom stereocenters. The summed E-state index contributed by atoms with van der Waals surface area (Å²) in [6.07, 6.45) is 3.80. The number of Topliss-reactive ketones (excluding diaryl/α,β-unsaturated/α-hetero) is 1. The number of ketones is 1. The van der Waals surface area contributed by atoms with Crippen LogP contribution in [0, 0.1) is 18.3 Å². The Balaban J connectivity index is 1.87. The Bertz CT molecular complexity index is 1330. The van der Waals surface area contributed by atoms with Crippen LogP contribution in [0.25, 0.3) is 33.6 Å². The van der Waals surface area contributed by atoms with Gasteiger partial charge in [0.15, 0.2) is 0 Å². The van der Waals surface area contributed by atoms with Crippen LogP contribution in [0.15, 0.2) is 67.0 Å². The van der Waals surface area contributed by atoms with E-state index in [-0.39, 0.29) is 18.1 Å². The first kappa shape index (κ1) is 21.0. The number of nitrogens with zero attached hydrogens (tertiary/aromatic N) is 4. The lowest BCUT2D eigenvalue weighted by Crippen LogP contribution is -2.01. The molecule has 0 bridgehead atoms. The first-order chi connectivity index (χ1) is 15.5. The van der Waals surface area contributed by atoms with E-state index in [1.165, 1.54) is 0 Å². The van der Waals surface area contributed by atoms with E-state index in [4.69, 9.17) is 0 Å². The van der Waals surface area contributed by atoms with Gasteiger partial charge in [0, 0.05) is 29.3 Å². The maximum Gasteiger partial charge on any atom is 0.134 e. The van der Waals surface area contributed by atoms with Crippen LogP contribution in [0.3, 0.4) is 0 Å². The summed E-state index contributed by atoms with van der Waals surface area (Å²) in [7, 11) is 0. The topological polar surface area (TPSA) is 91.8 Å². The van der Waals surface area contributed by atoms with Crippen LogP contribution in [0.4, 0.5) is 0 Å². The minimum Gasteiger partial charge on any atom is -0.508 e. The highest BCUT2D eigenvalue weighted by Crippen LogP contribution is 2.36. The summed E-state index contributed by atoms with van der Waals surface area (Å²) in [4.78, 5) is 16.3. The lowest BCUT2D eigenvalue weighted by atomic mass is 9.96. The standard InChI is InChI=1S/C26H22N4O2/c1-17-11-21(14-22(32)12-17)26-24(16-29-30(26)10-8-27)20-7-9-28-25(15-20)23-6-4-3-5-19(23)13-18(2)31/h3-7,9,11-12,14-16,32H,10,13H2,1-2H3. The monoisotopic (exact) mass is 422 g/mol. The molecule has 32 heavy (non-hydrogen) atoms. The average Bonchev–Trinajstić information content (AvgIpc) is 3.17. The molecule has 4 rings (SSSR count). The molecule has 6 nitrogen and oxygen atoms in total. The molecule has 2 aromatic carbocycles. The number of phenols is 1. The van der Waals surface area contributed by atoms with Crippen LogP contribution in [0.2, 0.25) is 0 Å². The minimum atomic E-state index is 0.0867. The molecular formula is C26H22N4O2. The number of hydrogen-bond donors (Lipinski definition) is 1. The number of nitriles is 1. The molecule has 6 heteroatoms. The Morgan fingerprint density at radius 3 is 2.66 bits per heavy atom. The summed E-state index contributed by atoms with van der Waals surface area (Å²) < 4.78 is 1.63. The molecule has 0 aliphatic carbocycles. The molecule has 1 N–H and O–H groups in total. The summed E-state index contributed by atoms with van der Waals surface area (Å²) >= 11 is 0. The Labute approximate surface area is 186 Å². The third-order valence-corrected chi connectivity index (χ3v) is 5.20. The van der Waals surface area contributed by atoms with Crippen molar-refractivity contribution < 1.29 is 9.90 Å². The van der Waals surface area contributed by atoms with Gasteiger partial charge in [-0.25, -0.2) is 0 Å². The molecule has 2 aromatic heterocycles. The van der Waals surface area contributed by atoms with Crippen molar-refractivity contribution in [1.82, 2.24) is 14.8 Å². The summed E-state index contributed by atoms with van der Waals surface area (Å²) in [5, 5.41) is 23.8. The number of carbonyl (C=O) groups excluding carboxylic acids is 1. The second-order valence-corrected chi connectivity index (χ2v) is 7.75. The number of aryl methyl sites for hydroxylation is 1. The number of pyridine rings is 1. The lowest BCUT2D eigenvalue weighted by molar-refractivity contribution is -0.116. The number of carbonyl (C=O) groups is 1. The average molecular weight is 422 g/mol. The van der Waals surface area contributed by atoms with E-state index in [1.54, 1.807) is 36.1 Å². The smallest absolute Gasteiger partial charge is 0.134 e. The number of benzene rings is 2. The van der Waals surface area contributed by atoms with Crippen LogP contribution < -0.4 is 0 Å². The van der Waals surface area contributed by atoms with Gasteiger partial charge in [-0.1, -0.05) is 24.3 Å². The van der Waals surface area contributed by atoms with Crippen LogP contribution >= 0.6 is 0 Å². The first-order valence-corrected chi connectivity index (χ1v) is 10.2. The maximum absolute atomic E-state index is 11.7. The summed E-state index contributed by atoms with van der Waals surface area (Å²) in [6.45, 7) is 3.57. The van der Waals surface area contributed by atoms with Crippen molar-refractivity contribution in [3.05, 3.63) is 78.1 Å². The van der Waals surface area contributed by atoms with Gasteiger partial charge in [-0.2, -0.15) is 10.4 Å². The maximum atomic E-state index is 11.7. The second kappa shape index (κ2) is 8.86. The van der Waals surface area contributed by atoms with E-state index in [0.29, 0.717) is 6.42 Å². The van der Waals surface area contributed by atoms with Crippen molar-refractivity contribution >= 4 is 5.78 Å². The highest BCUT2D eigenvalue weighted by molar-refractivity contribution is 5.85. The van der Waals surface area contributed by atoms with Gasteiger partial charge in [-0.3, -0.25) is 14.5 Å². The quantitative estimate of drug-likeness (QED) is 0.475. The molecule has 158 valence electrons. The van der Waals surface area contributed by atoms with Crippen LogP contribution in [-0.4, -0.2) is 25.7 Å². The van der Waals surface area contributed by atoms with Crippen molar-refractivity contribution in [2.45, 2.75) is 26.8 Å². The van der Waals surface area contributed by atoms with Gasteiger partial charge in [0.05, 0.1) is 23.7 Å². The first-order valence-electron chi connectivity index (χ1n) is 10.2. The zero-order valence-electron chi connectivity index (χ0n) is 17.9. The third-order valence-electron chi connectivity index (χ3n) is 5.20. The third kappa shape index (κ3) is 4.28. The fourth-order valence-corrected chi connectivity index (χ4v) is 3.93. The Morgan fingerprint density at radius 1 is 1.09 bits per heavy atom. The number of aromatic hydroxyl groups is 1. The minimum absolute atomic E-state index is 0.0867. The predicted octanol–water partition coefficient (Wildman–Crippen LogP) is 4.95. The Kier molecular flexibility index (Phi) is 5.82. The van der Waals surface area contributed by atoms with Gasteiger partial charge in [0.25, 0.3) is 0 Å². The van der Waals surface area contributed by atoms with Crippen molar-refractivity contribution in [3.8, 4) is 45.5 Å². The van der Waals surface area contributed by atoms with E-state index in [0.717, 1.165) is 44.8 Å². The molecular weight excluding hydrogens is 400 g/mol. The summed E-state index contributed by atoms with van der Waals surface area (Å²) in [6, 6.07) is 19.1. The summed E-state index contributed by atoms with van der Waals surface area (Å²) in [5.74, 6) is 0.247. The number of hydrogen-bond acceptors (Lipinski definition) is 5. The van der Waals surface area contributed by atoms with E-state index >= 15 is 0 Å². The van der Waals surface area contributed by atoms with Gasteiger partial charge < -0.3 is 5.11 Å². The van der Waals surface area contributed by atoms with E-state index in [2.05, 4.69) is 16.2 Å². The number of rotatable bonds is 6. The molecule has 2 heterocycles. The molecule has 0 unspecified atom stereocenters. The molecule has 0 saturated heterocycles. The van der Waals surface area contributed by atoms with Gasteiger partial charge in [0.2, 0.25) is 0 Å². The van der Waals surface area contributed by atoms with E-state index in [9.17, 15) is 15.2 Å². The molecule has 0 aliphatic rings. The summed E-state index contributed by atoms with van der Waals surface area (Å²) in [5.41, 5.74) is 6.73. The van der Waals surface area contributed by atoms with Crippen molar-refractivity contribution in [1.29, 1.82) is 5.26 Å². The predicted molar refractivity (Wildman–Crippen MR) is 123 cm³/mol. The molecule has 4 aromatic rings. The normalized spacial score (nSPS) is 10.7. The van der Waals surface area contributed by atoms with Gasteiger partial charge in [0.1, 0.15) is 18.1 Å². The molecule has 0 spiro atoms. The van der Waals surface area contributed by atoms with Gasteiger partial charge >= 0.3 is 0 Å². The molecule has 0 amide bonds. The fraction of sp³-hybridized carbons (Fsp3) is 0.154. The van der Waals surface area contributed by atoms with Crippen molar-refractivity contribution in [3.63, 3.8) is 0 Å². The Hall–Kier alpha value is -4.24. The van der Waals surface area contributed by atoms with E-state index < -0.39 is 0 Å². The van der Waals surface area contributed by atoms with Crippen molar-refractivity contribution in [2.24, 2.45) is 0 Å². The zero-order valence-corrected chi connectivity index (χ0v) is 17.9. The number of phenolic OH excluding ortho intramolecular Hbond substituents is 1. The second-order valence-electron chi connectivity index (χ2n) is 7.75. The molecule has 0 fully saturated rings. The van der Waals surface area contributed by atoms with Crippen molar-refractivity contribution in [2.75, 3.05) is 0 Å². The highest BCUT2D eigenvalue weighted by atomic mass is 16.3.